The van der Waals surface area contributed by atoms with Crippen LogP contribution in [-0.2, 0) is 14.3 Å². The van der Waals surface area contributed by atoms with E-state index in [9.17, 15) is 18.8 Å². The van der Waals surface area contributed by atoms with Crippen molar-refractivity contribution in [2.45, 2.75) is 13.8 Å². The van der Waals surface area contributed by atoms with Gasteiger partial charge in [-0.25, -0.2) is 4.39 Å². The molecule has 0 aliphatic carbocycles. The van der Waals surface area contributed by atoms with Crippen LogP contribution in [0.15, 0.2) is 24.3 Å². The average molecular weight is 324 g/mol. The maximum atomic E-state index is 13.3. The fraction of sp³-hybridized carbons (Fsp3) is 0.438. The van der Waals surface area contributed by atoms with E-state index < -0.39 is 23.6 Å². The van der Waals surface area contributed by atoms with Gasteiger partial charge in [-0.1, -0.05) is 13.0 Å². The molecule has 0 fully saturated rings. The summed E-state index contributed by atoms with van der Waals surface area (Å²) in [6.07, 6.45) is 0. The monoisotopic (exact) mass is 324 g/mol. The molecule has 0 heterocycles. The van der Waals surface area contributed by atoms with Crippen molar-refractivity contribution >= 4 is 17.8 Å². The first-order valence-electron chi connectivity index (χ1n) is 7.22. The minimum Gasteiger partial charge on any atom is -0.469 e. The van der Waals surface area contributed by atoms with Crippen molar-refractivity contribution < 1.29 is 23.5 Å². The van der Waals surface area contributed by atoms with Crippen LogP contribution in [0.3, 0.4) is 0 Å². The number of ether oxygens (including phenoxy) is 1. The van der Waals surface area contributed by atoms with E-state index in [1.54, 1.807) is 6.92 Å². The van der Waals surface area contributed by atoms with Crippen LogP contribution in [0.1, 0.15) is 24.2 Å². The van der Waals surface area contributed by atoms with E-state index in [2.05, 4.69) is 10.1 Å². The number of esters is 1. The van der Waals surface area contributed by atoms with E-state index >= 15 is 0 Å². The number of halogens is 1. The molecule has 23 heavy (non-hydrogen) atoms. The zero-order valence-electron chi connectivity index (χ0n) is 13.5. The molecule has 0 spiro atoms. The minimum atomic E-state index is -0.533. The quantitative estimate of drug-likeness (QED) is 0.765. The molecule has 1 unspecified atom stereocenters. The van der Waals surface area contributed by atoms with Gasteiger partial charge in [0.15, 0.2) is 0 Å². The van der Waals surface area contributed by atoms with Gasteiger partial charge < -0.3 is 15.0 Å². The van der Waals surface area contributed by atoms with Crippen LogP contribution in [0.2, 0.25) is 0 Å². The van der Waals surface area contributed by atoms with Crippen molar-refractivity contribution in [1.82, 2.24) is 10.2 Å². The number of carbonyl (C=O) groups is 3. The number of carbonyl (C=O) groups excluding carboxylic acids is 3. The molecule has 1 atom stereocenters. The third kappa shape index (κ3) is 6.06. The summed E-state index contributed by atoms with van der Waals surface area (Å²) in [4.78, 5) is 36.4. The van der Waals surface area contributed by atoms with E-state index in [-0.39, 0.29) is 31.1 Å². The normalized spacial score (nSPS) is 11.5. The maximum Gasteiger partial charge on any atom is 0.310 e. The van der Waals surface area contributed by atoms with E-state index in [1.807, 2.05) is 0 Å². The van der Waals surface area contributed by atoms with Gasteiger partial charge in [0.05, 0.1) is 13.0 Å². The second-order valence-corrected chi connectivity index (χ2v) is 5.17. The van der Waals surface area contributed by atoms with Gasteiger partial charge in [-0.3, -0.25) is 14.4 Å². The highest BCUT2D eigenvalue weighted by Crippen LogP contribution is 2.10. The Labute approximate surface area is 134 Å². The molecule has 0 aliphatic heterocycles. The van der Waals surface area contributed by atoms with Gasteiger partial charge in [0.1, 0.15) is 5.82 Å². The summed E-state index contributed by atoms with van der Waals surface area (Å²) in [5.41, 5.74) is 0.185. The number of benzene rings is 1. The molecule has 1 rings (SSSR count). The van der Waals surface area contributed by atoms with Gasteiger partial charge >= 0.3 is 5.97 Å². The number of hydrogen-bond acceptors (Lipinski definition) is 4. The van der Waals surface area contributed by atoms with Crippen LogP contribution in [0.25, 0.3) is 0 Å². The van der Waals surface area contributed by atoms with Gasteiger partial charge in [-0.2, -0.15) is 0 Å². The predicted octanol–water partition coefficient (Wildman–Crippen LogP) is 1.21. The molecular formula is C16H21FN2O4. The summed E-state index contributed by atoms with van der Waals surface area (Å²) in [5.74, 6) is -2.12. The van der Waals surface area contributed by atoms with Crippen LogP contribution in [0.5, 0.6) is 0 Å². The fourth-order valence-electron chi connectivity index (χ4n) is 2.05. The lowest BCUT2D eigenvalue weighted by Gasteiger charge is -2.25. The molecule has 0 aliphatic rings. The Morgan fingerprint density at radius 2 is 2.04 bits per heavy atom. The molecule has 0 radical (unpaired) electrons. The van der Waals surface area contributed by atoms with Gasteiger partial charge in [-0.05, 0) is 18.2 Å². The summed E-state index contributed by atoms with van der Waals surface area (Å²) < 4.78 is 17.9. The summed E-state index contributed by atoms with van der Waals surface area (Å²) in [6.45, 7) is 3.56. The Bertz CT molecular complexity index is 577. The maximum absolute atomic E-state index is 13.3. The summed E-state index contributed by atoms with van der Waals surface area (Å²) in [7, 11) is 1.27. The standard InChI is InChI=1S/C16H21FN2O4/c1-11(16(22)23-3)10-19(8-7-18-12(2)20)15(21)13-5-4-6-14(17)9-13/h4-6,9,11H,7-8,10H2,1-3H3,(H,18,20). The van der Waals surface area contributed by atoms with Gasteiger partial charge in [0.2, 0.25) is 5.91 Å². The van der Waals surface area contributed by atoms with Crippen molar-refractivity contribution in [3.63, 3.8) is 0 Å². The molecule has 126 valence electrons. The van der Waals surface area contributed by atoms with E-state index in [1.165, 1.54) is 37.1 Å². The smallest absolute Gasteiger partial charge is 0.310 e. The zero-order valence-corrected chi connectivity index (χ0v) is 13.5. The van der Waals surface area contributed by atoms with E-state index in [4.69, 9.17) is 0 Å². The third-order valence-corrected chi connectivity index (χ3v) is 3.21. The van der Waals surface area contributed by atoms with Gasteiger partial charge in [0, 0.05) is 32.1 Å². The number of amides is 2. The molecule has 0 bridgehead atoms. The second kappa shape index (κ2) is 8.87. The Balaban J connectivity index is 2.86. The Hall–Kier alpha value is -2.44. The summed E-state index contributed by atoms with van der Waals surface area (Å²) in [6, 6.07) is 5.32. The lowest BCUT2D eigenvalue weighted by Crippen LogP contribution is -2.41. The molecular weight excluding hydrogens is 303 g/mol. The number of rotatable bonds is 7. The zero-order chi connectivity index (χ0) is 17.4. The van der Waals surface area contributed by atoms with Crippen LogP contribution < -0.4 is 5.32 Å². The molecule has 0 saturated carbocycles. The van der Waals surface area contributed by atoms with Crippen molar-refractivity contribution in [3.8, 4) is 0 Å². The van der Waals surface area contributed by atoms with Crippen LogP contribution in [-0.4, -0.2) is 49.4 Å². The van der Waals surface area contributed by atoms with Crippen molar-refractivity contribution in [3.05, 3.63) is 35.6 Å². The van der Waals surface area contributed by atoms with E-state index in [0.29, 0.717) is 0 Å². The predicted molar refractivity (Wildman–Crippen MR) is 82.2 cm³/mol. The number of methoxy groups -OCH3 is 1. The SMILES string of the molecule is COC(=O)C(C)CN(CCNC(C)=O)C(=O)c1cccc(F)c1. The molecule has 0 aromatic heterocycles. The number of hydrogen-bond donors (Lipinski definition) is 1. The molecule has 1 aromatic carbocycles. The van der Waals surface area contributed by atoms with Crippen LogP contribution in [0, 0.1) is 11.7 Å². The highest BCUT2D eigenvalue weighted by Gasteiger charge is 2.22. The Morgan fingerprint density at radius 3 is 2.61 bits per heavy atom. The largest absolute Gasteiger partial charge is 0.469 e. The molecule has 1 N–H and O–H groups in total. The highest BCUT2D eigenvalue weighted by atomic mass is 19.1. The first-order valence-corrected chi connectivity index (χ1v) is 7.22. The topological polar surface area (TPSA) is 75.7 Å². The third-order valence-electron chi connectivity index (χ3n) is 3.21. The van der Waals surface area contributed by atoms with Crippen LogP contribution >= 0.6 is 0 Å². The molecule has 7 heteroatoms. The summed E-state index contributed by atoms with van der Waals surface area (Å²) >= 11 is 0. The molecule has 6 nitrogen and oxygen atoms in total. The van der Waals surface area contributed by atoms with Gasteiger partial charge in [0.25, 0.3) is 5.91 Å². The minimum absolute atomic E-state index is 0.113. The Kier molecular flexibility index (Phi) is 7.18. The van der Waals surface area contributed by atoms with E-state index in [0.717, 1.165) is 6.07 Å². The molecule has 0 saturated heterocycles. The first-order chi connectivity index (χ1) is 10.8. The lowest BCUT2D eigenvalue weighted by molar-refractivity contribution is -0.145. The van der Waals surface area contributed by atoms with Crippen molar-refractivity contribution in [2.75, 3.05) is 26.7 Å². The van der Waals surface area contributed by atoms with Crippen molar-refractivity contribution in [1.29, 1.82) is 0 Å². The Morgan fingerprint density at radius 1 is 1.35 bits per heavy atom. The fourth-order valence-corrected chi connectivity index (χ4v) is 2.05. The highest BCUT2D eigenvalue weighted by molar-refractivity contribution is 5.94. The van der Waals surface area contributed by atoms with Crippen molar-refractivity contribution in [2.24, 2.45) is 5.92 Å². The number of nitrogens with one attached hydrogen (secondary N) is 1. The van der Waals surface area contributed by atoms with Gasteiger partial charge in [-0.15, -0.1) is 0 Å². The molecule has 2 amide bonds. The molecule has 1 aromatic rings. The number of nitrogens with zero attached hydrogens (tertiary/aromatic N) is 1. The van der Waals surface area contributed by atoms with Crippen LogP contribution in [0.4, 0.5) is 4.39 Å². The summed E-state index contributed by atoms with van der Waals surface area (Å²) in [5, 5.41) is 2.59. The average Bonchev–Trinajstić information content (AvgIpc) is 2.51. The lowest BCUT2D eigenvalue weighted by atomic mass is 10.1. The second-order valence-electron chi connectivity index (χ2n) is 5.17. The first kappa shape index (κ1) is 18.6.